The van der Waals surface area contributed by atoms with Crippen LogP contribution in [0, 0.1) is 0 Å². The molecule has 3 amide bonds. The average molecular weight is 397 g/mol. The van der Waals surface area contributed by atoms with Crippen molar-refractivity contribution in [2.75, 3.05) is 64.8 Å². The van der Waals surface area contributed by atoms with E-state index in [-0.39, 0.29) is 28.6 Å². The van der Waals surface area contributed by atoms with Gasteiger partial charge in [-0.15, -0.1) is 11.8 Å². The molecular weight excluding hydrogens is 368 g/mol. The van der Waals surface area contributed by atoms with Crippen molar-refractivity contribution in [3.8, 4) is 0 Å². The van der Waals surface area contributed by atoms with E-state index in [0.717, 1.165) is 19.5 Å². The molecule has 0 aromatic rings. The molecule has 9 heteroatoms. The number of fused-ring (bicyclic) bond motifs is 1. The molecule has 150 valence electrons. The molecule has 2 atom stereocenters. The number of hydrogen-bond donors (Lipinski definition) is 0. The molecule has 0 aromatic carbocycles. The highest BCUT2D eigenvalue weighted by Crippen LogP contribution is 2.47. The fourth-order valence-electron chi connectivity index (χ4n) is 4.44. The molecule has 4 saturated heterocycles. The van der Waals surface area contributed by atoms with Gasteiger partial charge in [-0.3, -0.25) is 19.3 Å². The Hall–Kier alpha value is -1.32. The van der Waals surface area contributed by atoms with Crippen LogP contribution in [0.15, 0.2) is 0 Å². The van der Waals surface area contributed by atoms with Crippen molar-refractivity contribution in [3.63, 3.8) is 0 Å². The summed E-state index contributed by atoms with van der Waals surface area (Å²) in [6.45, 7) is 7.70. The maximum Gasteiger partial charge on any atom is 0.246 e. The quantitative estimate of drug-likeness (QED) is 0.637. The molecule has 0 spiro atoms. The number of carbonyl (C=O) groups is 3. The van der Waals surface area contributed by atoms with Gasteiger partial charge in [0.15, 0.2) is 0 Å². The van der Waals surface area contributed by atoms with Gasteiger partial charge in [0, 0.05) is 51.4 Å². The second kappa shape index (κ2) is 7.60. The van der Waals surface area contributed by atoms with Crippen LogP contribution in [0.4, 0.5) is 0 Å². The van der Waals surface area contributed by atoms with E-state index < -0.39 is 0 Å². The second-order valence-electron chi connectivity index (χ2n) is 7.86. The number of amides is 3. The first-order valence-electron chi connectivity index (χ1n) is 9.81. The lowest BCUT2D eigenvalue weighted by molar-refractivity contribution is -0.147. The maximum absolute atomic E-state index is 13.0. The summed E-state index contributed by atoms with van der Waals surface area (Å²) in [5, 5.41) is 0. The third-order valence-corrected chi connectivity index (χ3v) is 7.64. The summed E-state index contributed by atoms with van der Waals surface area (Å²) in [4.78, 5) is 45.2. The topological polar surface area (TPSA) is 73.4 Å². The first kappa shape index (κ1) is 19.0. The molecule has 2 unspecified atom stereocenters. The summed E-state index contributed by atoms with van der Waals surface area (Å²) >= 11 is 1.72. The molecule has 27 heavy (non-hydrogen) atoms. The van der Waals surface area contributed by atoms with E-state index in [9.17, 15) is 14.4 Å². The summed E-state index contributed by atoms with van der Waals surface area (Å²) in [5.74, 6) is 0.946. The van der Waals surface area contributed by atoms with E-state index in [4.69, 9.17) is 4.74 Å². The van der Waals surface area contributed by atoms with E-state index in [0.29, 0.717) is 58.1 Å². The highest BCUT2D eigenvalue weighted by Gasteiger charge is 2.53. The maximum atomic E-state index is 13.0. The molecule has 4 aliphatic heterocycles. The summed E-state index contributed by atoms with van der Waals surface area (Å²) in [5.41, 5.74) is 0. The van der Waals surface area contributed by atoms with Crippen molar-refractivity contribution in [1.82, 2.24) is 19.6 Å². The normalized spacial score (nSPS) is 32.1. The van der Waals surface area contributed by atoms with Crippen LogP contribution in [0.1, 0.15) is 19.8 Å². The van der Waals surface area contributed by atoms with Gasteiger partial charge >= 0.3 is 0 Å². The Morgan fingerprint density at radius 3 is 2.48 bits per heavy atom. The van der Waals surface area contributed by atoms with Crippen LogP contribution in [-0.4, -0.2) is 113 Å². The lowest BCUT2D eigenvalue weighted by Crippen LogP contribution is -2.57. The fraction of sp³-hybridized carbons (Fsp3) is 0.833. The predicted molar refractivity (Wildman–Crippen MR) is 101 cm³/mol. The van der Waals surface area contributed by atoms with Gasteiger partial charge < -0.3 is 19.4 Å². The van der Waals surface area contributed by atoms with Gasteiger partial charge in [-0.2, -0.15) is 0 Å². The van der Waals surface area contributed by atoms with Gasteiger partial charge in [0.1, 0.15) is 6.04 Å². The van der Waals surface area contributed by atoms with Gasteiger partial charge in [0.05, 0.1) is 24.6 Å². The molecule has 0 saturated carbocycles. The van der Waals surface area contributed by atoms with Gasteiger partial charge in [0.2, 0.25) is 17.7 Å². The number of rotatable bonds is 3. The van der Waals surface area contributed by atoms with E-state index in [2.05, 4.69) is 11.8 Å². The minimum Gasteiger partial charge on any atom is -0.379 e. The molecular formula is C18H28N4O4S. The zero-order valence-corrected chi connectivity index (χ0v) is 16.7. The van der Waals surface area contributed by atoms with Gasteiger partial charge in [-0.25, -0.2) is 0 Å². The molecule has 4 aliphatic rings. The Morgan fingerprint density at radius 2 is 1.78 bits per heavy atom. The van der Waals surface area contributed by atoms with Crippen LogP contribution >= 0.6 is 11.8 Å². The standard InChI is InChI=1S/C18H28N4O4S/c1-18-3-2-15(23)22(18)14(13-27-18)17(25)21-6-4-20(5-7-21)16(24)12-19-8-10-26-11-9-19/h14H,2-13H2,1H3. The first-order valence-corrected chi connectivity index (χ1v) is 10.8. The van der Waals surface area contributed by atoms with Crippen molar-refractivity contribution in [1.29, 1.82) is 0 Å². The molecule has 0 radical (unpaired) electrons. The van der Waals surface area contributed by atoms with Gasteiger partial charge in [0.25, 0.3) is 0 Å². The predicted octanol–water partition coefficient (Wildman–Crippen LogP) is -0.557. The lowest BCUT2D eigenvalue weighted by atomic mass is 10.2. The lowest BCUT2D eigenvalue weighted by Gasteiger charge is -2.38. The van der Waals surface area contributed by atoms with Crippen LogP contribution in [0.3, 0.4) is 0 Å². The van der Waals surface area contributed by atoms with E-state index in [1.54, 1.807) is 11.8 Å². The third-order valence-electron chi connectivity index (χ3n) is 6.14. The van der Waals surface area contributed by atoms with Crippen molar-refractivity contribution < 1.29 is 19.1 Å². The number of carbonyl (C=O) groups excluding carboxylic acids is 3. The number of hydrogen-bond acceptors (Lipinski definition) is 6. The summed E-state index contributed by atoms with van der Waals surface area (Å²) in [6.07, 6.45) is 1.36. The SMILES string of the molecule is CC12CCC(=O)N1C(C(=O)N1CCN(C(=O)CN3CCOCC3)CC1)CS2. The largest absolute Gasteiger partial charge is 0.379 e. The van der Waals surface area contributed by atoms with E-state index >= 15 is 0 Å². The Labute approximate surface area is 164 Å². The molecule has 0 aromatic heterocycles. The molecule has 0 bridgehead atoms. The van der Waals surface area contributed by atoms with Crippen LogP contribution in [0.25, 0.3) is 0 Å². The molecule has 0 N–H and O–H groups in total. The Bertz CT molecular complexity index is 618. The van der Waals surface area contributed by atoms with Crippen LogP contribution in [0.5, 0.6) is 0 Å². The van der Waals surface area contributed by atoms with Crippen molar-refractivity contribution in [2.45, 2.75) is 30.7 Å². The summed E-state index contributed by atoms with van der Waals surface area (Å²) in [6, 6.07) is -0.342. The molecule has 4 heterocycles. The second-order valence-corrected chi connectivity index (χ2v) is 9.36. The molecule has 4 rings (SSSR count). The van der Waals surface area contributed by atoms with Crippen LogP contribution in [0.2, 0.25) is 0 Å². The van der Waals surface area contributed by atoms with Gasteiger partial charge in [-0.05, 0) is 13.3 Å². The zero-order chi connectivity index (χ0) is 19.0. The summed E-state index contributed by atoms with van der Waals surface area (Å²) in [7, 11) is 0. The Balaban J connectivity index is 1.29. The Morgan fingerprint density at radius 1 is 1.11 bits per heavy atom. The number of piperazine rings is 1. The molecule has 4 fully saturated rings. The van der Waals surface area contributed by atoms with Crippen molar-refractivity contribution in [3.05, 3.63) is 0 Å². The Kier molecular flexibility index (Phi) is 5.35. The number of ether oxygens (including phenoxy) is 1. The van der Waals surface area contributed by atoms with Gasteiger partial charge in [-0.1, -0.05) is 0 Å². The monoisotopic (exact) mass is 396 g/mol. The average Bonchev–Trinajstić information content (AvgIpc) is 3.18. The van der Waals surface area contributed by atoms with E-state index in [1.807, 2.05) is 14.7 Å². The minimum atomic E-state index is -0.342. The highest BCUT2D eigenvalue weighted by atomic mass is 32.2. The van der Waals surface area contributed by atoms with Crippen LogP contribution < -0.4 is 0 Å². The zero-order valence-electron chi connectivity index (χ0n) is 15.9. The van der Waals surface area contributed by atoms with E-state index in [1.165, 1.54) is 0 Å². The van der Waals surface area contributed by atoms with Crippen LogP contribution in [-0.2, 0) is 19.1 Å². The number of thioether (sulfide) groups is 1. The van der Waals surface area contributed by atoms with Crippen molar-refractivity contribution in [2.24, 2.45) is 0 Å². The van der Waals surface area contributed by atoms with Crippen molar-refractivity contribution >= 4 is 29.5 Å². The summed E-state index contributed by atoms with van der Waals surface area (Å²) < 4.78 is 5.32. The highest BCUT2D eigenvalue weighted by molar-refractivity contribution is 8.01. The smallest absolute Gasteiger partial charge is 0.246 e. The molecule has 0 aliphatic carbocycles. The number of morpholine rings is 1. The number of nitrogens with zero attached hydrogens (tertiary/aromatic N) is 4. The first-order chi connectivity index (χ1) is 13.0. The fourth-order valence-corrected chi connectivity index (χ4v) is 5.86. The molecule has 8 nitrogen and oxygen atoms in total. The third kappa shape index (κ3) is 3.69. The minimum absolute atomic E-state index is 0.0433.